The maximum Gasteiger partial charge on any atom is 0.261 e. The molecule has 182 valence electrons. The highest BCUT2D eigenvalue weighted by molar-refractivity contribution is 7.92. The van der Waals surface area contributed by atoms with E-state index in [-0.39, 0.29) is 22.3 Å². The Bertz CT molecular complexity index is 1380. The van der Waals surface area contributed by atoms with Crippen LogP contribution in [-0.4, -0.2) is 27.3 Å². The van der Waals surface area contributed by atoms with E-state index in [2.05, 4.69) is 15.4 Å². The Balaban J connectivity index is 1.54. The summed E-state index contributed by atoms with van der Waals surface area (Å²) < 4.78 is 33.5. The predicted molar refractivity (Wildman–Crippen MR) is 135 cm³/mol. The van der Waals surface area contributed by atoms with Crippen molar-refractivity contribution in [3.05, 3.63) is 77.4 Å². The monoisotopic (exact) mass is 493 g/mol. The highest BCUT2D eigenvalue weighted by atomic mass is 32.2. The third-order valence-electron chi connectivity index (χ3n) is 5.81. The summed E-state index contributed by atoms with van der Waals surface area (Å²) in [4.78, 5) is 25.2. The second-order valence-corrected chi connectivity index (χ2v) is 10.2. The Labute approximate surface area is 204 Å². The standard InChI is InChI=1S/C26H27N3O5S/c1-16-5-13-22(35(32,33)29-19-9-11-21(34-3)12-10-19)15-23(16)26(31)28-24-14-20(8-4-17(24)2)27-25(30)18-6-7-18/h4-5,8-15,18,29H,6-7H2,1-3H3,(H,27,30)(H,28,31). The minimum atomic E-state index is -3.93. The van der Waals surface area contributed by atoms with Gasteiger partial charge >= 0.3 is 0 Å². The summed E-state index contributed by atoms with van der Waals surface area (Å²) in [6.45, 7) is 3.58. The highest BCUT2D eigenvalue weighted by Gasteiger charge is 2.29. The molecule has 4 rings (SSSR count). The van der Waals surface area contributed by atoms with E-state index in [0.29, 0.717) is 28.4 Å². The van der Waals surface area contributed by atoms with E-state index in [1.165, 1.54) is 19.2 Å². The lowest BCUT2D eigenvalue weighted by molar-refractivity contribution is -0.117. The highest BCUT2D eigenvalue weighted by Crippen LogP contribution is 2.31. The van der Waals surface area contributed by atoms with Crippen molar-refractivity contribution < 1.29 is 22.7 Å². The number of methoxy groups -OCH3 is 1. The van der Waals surface area contributed by atoms with Crippen LogP contribution in [0.3, 0.4) is 0 Å². The van der Waals surface area contributed by atoms with Gasteiger partial charge in [-0.15, -0.1) is 0 Å². The van der Waals surface area contributed by atoms with E-state index < -0.39 is 15.9 Å². The van der Waals surface area contributed by atoms with E-state index >= 15 is 0 Å². The van der Waals surface area contributed by atoms with Gasteiger partial charge in [-0.25, -0.2) is 8.42 Å². The Morgan fingerprint density at radius 2 is 1.51 bits per heavy atom. The molecule has 0 unspecified atom stereocenters. The van der Waals surface area contributed by atoms with Gasteiger partial charge in [0.25, 0.3) is 15.9 Å². The lowest BCUT2D eigenvalue weighted by atomic mass is 10.1. The van der Waals surface area contributed by atoms with Crippen LogP contribution in [0.5, 0.6) is 5.75 Å². The molecule has 3 aromatic carbocycles. The number of nitrogens with one attached hydrogen (secondary N) is 3. The summed E-state index contributed by atoms with van der Waals surface area (Å²) in [5.41, 5.74) is 3.17. The third-order valence-corrected chi connectivity index (χ3v) is 7.19. The molecule has 0 bridgehead atoms. The fourth-order valence-corrected chi connectivity index (χ4v) is 4.58. The number of ether oxygens (including phenoxy) is 1. The largest absolute Gasteiger partial charge is 0.497 e. The normalized spacial score (nSPS) is 13.1. The maximum absolute atomic E-state index is 13.1. The lowest BCUT2D eigenvalue weighted by Crippen LogP contribution is -2.18. The number of carbonyl (C=O) groups excluding carboxylic acids is 2. The molecular weight excluding hydrogens is 466 g/mol. The average Bonchev–Trinajstić information content (AvgIpc) is 3.67. The van der Waals surface area contributed by atoms with Crippen molar-refractivity contribution in [2.24, 2.45) is 5.92 Å². The van der Waals surface area contributed by atoms with Crippen molar-refractivity contribution in [3.8, 4) is 5.75 Å². The van der Waals surface area contributed by atoms with Crippen LogP contribution in [-0.2, 0) is 14.8 Å². The van der Waals surface area contributed by atoms with Crippen molar-refractivity contribution in [2.45, 2.75) is 31.6 Å². The number of sulfonamides is 1. The zero-order chi connectivity index (χ0) is 25.2. The van der Waals surface area contributed by atoms with Gasteiger partial charge in [0.1, 0.15) is 5.75 Å². The van der Waals surface area contributed by atoms with Gasteiger partial charge in [-0.2, -0.15) is 0 Å². The van der Waals surface area contributed by atoms with Gasteiger partial charge in [0.15, 0.2) is 0 Å². The number of aryl methyl sites for hydroxylation is 2. The smallest absolute Gasteiger partial charge is 0.261 e. The fraction of sp³-hybridized carbons (Fsp3) is 0.231. The Morgan fingerprint density at radius 1 is 0.857 bits per heavy atom. The Hall–Kier alpha value is -3.85. The first kappa shape index (κ1) is 24.3. The molecular formula is C26H27N3O5S. The second-order valence-electron chi connectivity index (χ2n) is 8.56. The molecule has 3 aromatic rings. The van der Waals surface area contributed by atoms with E-state index in [0.717, 1.165) is 18.4 Å². The van der Waals surface area contributed by atoms with Gasteiger partial charge in [0, 0.05) is 28.5 Å². The van der Waals surface area contributed by atoms with Crippen LogP contribution in [0.2, 0.25) is 0 Å². The molecule has 9 heteroatoms. The van der Waals surface area contributed by atoms with Crippen molar-refractivity contribution in [1.29, 1.82) is 0 Å². The van der Waals surface area contributed by atoms with Crippen molar-refractivity contribution in [1.82, 2.24) is 0 Å². The minimum absolute atomic E-state index is 0.0239. The van der Waals surface area contributed by atoms with E-state index in [9.17, 15) is 18.0 Å². The van der Waals surface area contributed by atoms with Crippen LogP contribution in [0.15, 0.2) is 65.6 Å². The number of anilines is 3. The van der Waals surface area contributed by atoms with E-state index in [4.69, 9.17) is 4.74 Å². The van der Waals surface area contributed by atoms with Gasteiger partial charge in [-0.3, -0.25) is 14.3 Å². The molecule has 2 amide bonds. The number of rotatable bonds is 8. The quantitative estimate of drug-likeness (QED) is 0.420. The van der Waals surface area contributed by atoms with Crippen LogP contribution in [0, 0.1) is 19.8 Å². The summed E-state index contributed by atoms with van der Waals surface area (Å²) >= 11 is 0. The van der Waals surface area contributed by atoms with E-state index in [1.54, 1.807) is 49.4 Å². The average molecular weight is 494 g/mol. The molecule has 35 heavy (non-hydrogen) atoms. The molecule has 1 aliphatic rings. The van der Waals surface area contributed by atoms with Gasteiger partial charge in [0.05, 0.1) is 12.0 Å². The Morgan fingerprint density at radius 3 is 2.17 bits per heavy atom. The molecule has 1 fully saturated rings. The topological polar surface area (TPSA) is 114 Å². The summed E-state index contributed by atoms with van der Waals surface area (Å²) in [5.74, 6) is 0.198. The molecule has 8 nitrogen and oxygen atoms in total. The third kappa shape index (κ3) is 5.81. The first-order valence-electron chi connectivity index (χ1n) is 11.2. The van der Waals surface area contributed by atoms with Crippen LogP contribution in [0.4, 0.5) is 17.1 Å². The molecule has 0 radical (unpaired) electrons. The van der Waals surface area contributed by atoms with Crippen LogP contribution < -0.4 is 20.1 Å². The fourth-order valence-electron chi connectivity index (χ4n) is 3.50. The molecule has 0 spiro atoms. The summed E-state index contributed by atoms with van der Waals surface area (Å²) in [6, 6.07) is 16.2. The minimum Gasteiger partial charge on any atom is -0.497 e. The molecule has 3 N–H and O–H groups in total. The molecule has 0 heterocycles. The SMILES string of the molecule is COc1ccc(NS(=O)(=O)c2ccc(C)c(C(=O)Nc3cc(NC(=O)C4CC4)ccc3C)c2)cc1. The number of carbonyl (C=O) groups is 2. The number of hydrogen-bond acceptors (Lipinski definition) is 5. The summed E-state index contributed by atoms with van der Waals surface area (Å²) in [7, 11) is -2.40. The molecule has 1 aliphatic carbocycles. The number of amides is 2. The number of benzene rings is 3. The molecule has 0 aliphatic heterocycles. The predicted octanol–water partition coefficient (Wildman–Crippen LogP) is 4.71. The second kappa shape index (κ2) is 9.79. The first-order chi connectivity index (χ1) is 16.7. The van der Waals surface area contributed by atoms with E-state index in [1.807, 2.05) is 13.0 Å². The van der Waals surface area contributed by atoms with Gasteiger partial charge in [-0.1, -0.05) is 12.1 Å². The Kier molecular flexibility index (Phi) is 6.79. The zero-order valence-corrected chi connectivity index (χ0v) is 20.5. The summed E-state index contributed by atoms with van der Waals surface area (Å²) in [5, 5.41) is 5.72. The zero-order valence-electron chi connectivity index (χ0n) is 19.7. The van der Waals surface area contributed by atoms with Crippen molar-refractivity contribution in [3.63, 3.8) is 0 Å². The lowest BCUT2D eigenvalue weighted by Gasteiger charge is -2.14. The number of hydrogen-bond donors (Lipinski definition) is 3. The van der Waals surface area contributed by atoms with Crippen molar-refractivity contribution in [2.75, 3.05) is 22.5 Å². The van der Waals surface area contributed by atoms with Gasteiger partial charge in [0.2, 0.25) is 5.91 Å². The summed E-state index contributed by atoms with van der Waals surface area (Å²) in [6.07, 6.45) is 1.79. The van der Waals surface area contributed by atoms with Gasteiger partial charge < -0.3 is 15.4 Å². The van der Waals surface area contributed by atoms with Gasteiger partial charge in [-0.05, 0) is 86.3 Å². The molecule has 0 atom stereocenters. The van der Waals surface area contributed by atoms with Crippen molar-refractivity contribution >= 4 is 38.9 Å². The van der Waals surface area contributed by atoms with Crippen LogP contribution >= 0.6 is 0 Å². The first-order valence-corrected chi connectivity index (χ1v) is 12.6. The molecule has 0 aromatic heterocycles. The molecule has 1 saturated carbocycles. The maximum atomic E-state index is 13.1. The molecule has 0 saturated heterocycles. The van der Waals surface area contributed by atoms with Crippen LogP contribution in [0.25, 0.3) is 0 Å². The van der Waals surface area contributed by atoms with Crippen LogP contribution in [0.1, 0.15) is 34.3 Å².